The molecule has 2 amide bonds. The number of carbonyl (C=O) groups is 2. The van der Waals surface area contributed by atoms with Crippen LogP contribution in [0.1, 0.15) is 62.4 Å². The number of halogens is 1. The summed E-state index contributed by atoms with van der Waals surface area (Å²) in [5.74, 6) is 0.719. The molecule has 0 bridgehead atoms. The highest BCUT2D eigenvalue weighted by Crippen LogP contribution is 2.40. The highest BCUT2D eigenvalue weighted by Gasteiger charge is 2.34. The number of hydrogen-bond donors (Lipinski definition) is 3. The van der Waals surface area contributed by atoms with Gasteiger partial charge in [-0.25, -0.2) is 9.18 Å². The quantitative estimate of drug-likeness (QED) is 0.536. The number of fused-ring (bicyclic) bond motifs is 1. The van der Waals surface area contributed by atoms with Crippen molar-refractivity contribution in [2.24, 2.45) is 5.92 Å². The van der Waals surface area contributed by atoms with Gasteiger partial charge in [-0.2, -0.15) is 0 Å². The molecule has 0 radical (unpaired) electrons. The number of nitrogens with zero attached hydrogens (tertiary/aromatic N) is 1. The van der Waals surface area contributed by atoms with Crippen molar-refractivity contribution in [1.82, 2.24) is 20.5 Å². The Morgan fingerprint density at radius 1 is 1.14 bits per heavy atom. The summed E-state index contributed by atoms with van der Waals surface area (Å²) in [6, 6.07) is 6.14. The van der Waals surface area contributed by atoms with E-state index < -0.39 is 0 Å². The summed E-state index contributed by atoms with van der Waals surface area (Å²) in [6.45, 7) is 5.70. The number of rotatable bonds is 7. The first-order valence-electron chi connectivity index (χ1n) is 12.7. The SMILES string of the molecule is CCOC(=O)N1CCC(NC(=O)C2=C(C)NC(c3cc(F)ccc3OCC3CC3)c3cc[nH]c32)CC1. The smallest absolute Gasteiger partial charge is 0.409 e. The molecule has 0 spiro atoms. The average molecular weight is 497 g/mol. The number of aromatic amines is 1. The Hall–Kier alpha value is -3.49. The second kappa shape index (κ2) is 10.2. The molecule has 3 heterocycles. The van der Waals surface area contributed by atoms with E-state index in [4.69, 9.17) is 9.47 Å². The van der Waals surface area contributed by atoms with Crippen LogP contribution < -0.4 is 15.4 Å². The van der Waals surface area contributed by atoms with Crippen molar-refractivity contribution in [2.45, 2.75) is 51.6 Å². The molecule has 1 aromatic heterocycles. The van der Waals surface area contributed by atoms with Crippen LogP contribution in [0.5, 0.6) is 5.75 Å². The average Bonchev–Trinajstić information content (AvgIpc) is 3.57. The van der Waals surface area contributed by atoms with Crippen molar-refractivity contribution in [2.75, 3.05) is 26.3 Å². The minimum absolute atomic E-state index is 0.0368. The van der Waals surface area contributed by atoms with E-state index in [0.717, 1.165) is 11.3 Å². The highest BCUT2D eigenvalue weighted by atomic mass is 19.1. The van der Waals surface area contributed by atoms with Crippen LogP contribution in [0.25, 0.3) is 5.57 Å². The summed E-state index contributed by atoms with van der Waals surface area (Å²) in [5, 5.41) is 6.57. The number of benzene rings is 1. The van der Waals surface area contributed by atoms with E-state index in [0.29, 0.717) is 67.6 Å². The molecular formula is C27H33FN4O4. The summed E-state index contributed by atoms with van der Waals surface area (Å²) in [7, 11) is 0. The number of ether oxygens (including phenoxy) is 2. The van der Waals surface area contributed by atoms with Crippen LogP contribution in [0.15, 0.2) is 36.2 Å². The van der Waals surface area contributed by atoms with Gasteiger partial charge < -0.3 is 30.0 Å². The number of carbonyl (C=O) groups excluding carboxylic acids is 2. The lowest BCUT2D eigenvalue weighted by Gasteiger charge is -2.33. The topological polar surface area (TPSA) is 95.7 Å². The van der Waals surface area contributed by atoms with E-state index >= 15 is 0 Å². The largest absolute Gasteiger partial charge is 0.493 e. The molecule has 1 atom stereocenters. The maximum absolute atomic E-state index is 14.3. The van der Waals surface area contributed by atoms with Gasteiger partial charge in [0.05, 0.1) is 30.5 Å². The molecule has 1 saturated heterocycles. The molecule has 1 aromatic carbocycles. The van der Waals surface area contributed by atoms with Crippen molar-refractivity contribution >= 4 is 17.6 Å². The standard InChI is InChI=1S/C27H33FN4O4/c1-3-35-27(34)32-12-9-19(10-13-32)31-26(33)23-16(2)30-24(20-8-11-29-25(20)23)21-14-18(28)6-7-22(21)36-15-17-4-5-17/h6-8,11,14,17,19,24,29-30H,3-5,9-10,12-13,15H2,1-2H3,(H,31,33). The predicted octanol–water partition coefficient (Wildman–Crippen LogP) is 4.10. The van der Waals surface area contributed by atoms with Gasteiger partial charge in [-0.05, 0) is 69.7 Å². The lowest BCUT2D eigenvalue weighted by atomic mass is 9.90. The molecule has 1 unspecified atom stereocenters. The molecule has 2 aromatic rings. The third kappa shape index (κ3) is 5.05. The van der Waals surface area contributed by atoms with E-state index in [1.165, 1.54) is 25.0 Å². The van der Waals surface area contributed by atoms with E-state index in [-0.39, 0.29) is 29.9 Å². The zero-order chi connectivity index (χ0) is 25.2. The zero-order valence-corrected chi connectivity index (χ0v) is 20.7. The number of allylic oxidation sites excluding steroid dienone is 1. The van der Waals surface area contributed by atoms with Crippen LogP contribution in [-0.2, 0) is 9.53 Å². The molecule has 9 heteroatoms. The molecule has 192 valence electrons. The number of hydrogen-bond acceptors (Lipinski definition) is 5. The van der Waals surface area contributed by atoms with Crippen molar-refractivity contribution in [1.29, 1.82) is 0 Å². The number of nitrogens with one attached hydrogen (secondary N) is 3. The molecule has 3 N–H and O–H groups in total. The van der Waals surface area contributed by atoms with Crippen molar-refractivity contribution < 1.29 is 23.5 Å². The van der Waals surface area contributed by atoms with Crippen LogP contribution in [0.2, 0.25) is 0 Å². The third-order valence-electron chi connectivity index (χ3n) is 7.11. The highest BCUT2D eigenvalue weighted by molar-refractivity contribution is 6.20. The number of piperidine rings is 1. The predicted molar refractivity (Wildman–Crippen MR) is 133 cm³/mol. The van der Waals surface area contributed by atoms with Crippen LogP contribution in [0.3, 0.4) is 0 Å². The van der Waals surface area contributed by atoms with Gasteiger partial charge in [-0.3, -0.25) is 4.79 Å². The summed E-state index contributed by atoms with van der Waals surface area (Å²) in [4.78, 5) is 30.2. The maximum atomic E-state index is 14.3. The van der Waals surface area contributed by atoms with Crippen LogP contribution in [-0.4, -0.2) is 54.2 Å². The van der Waals surface area contributed by atoms with Gasteiger partial charge >= 0.3 is 6.09 Å². The van der Waals surface area contributed by atoms with Crippen LogP contribution >= 0.6 is 0 Å². The number of aromatic nitrogens is 1. The number of H-pyrrole nitrogens is 1. The van der Waals surface area contributed by atoms with Gasteiger partial charge in [0.15, 0.2) is 0 Å². The molecule has 36 heavy (non-hydrogen) atoms. The normalized spacial score (nSPS) is 20.0. The fourth-order valence-electron chi connectivity index (χ4n) is 4.97. The van der Waals surface area contributed by atoms with Gasteiger partial charge in [0.2, 0.25) is 0 Å². The van der Waals surface area contributed by atoms with E-state index in [9.17, 15) is 14.0 Å². The minimum atomic E-state index is -0.347. The van der Waals surface area contributed by atoms with Gasteiger partial charge in [0, 0.05) is 42.2 Å². The minimum Gasteiger partial charge on any atom is -0.493 e. The molecule has 8 nitrogen and oxygen atoms in total. The lowest BCUT2D eigenvalue weighted by Crippen LogP contribution is -2.47. The fraction of sp³-hybridized carbons (Fsp3) is 0.481. The first-order chi connectivity index (χ1) is 17.4. The molecule has 2 aliphatic heterocycles. The summed E-state index contributed by atoms with van der Waals surface area (Å²) >= 11 is 0. The number of likely N-dealkylation sites (tertiary alicyclic amines) is 1. The Balaban J connectivity index is 1.32. The van der Waals surface area contributed by atoms with Gasteiger partial charge in [-0.15, -0.1) is 0 Å². The van der Waals surface area contributed by atoms with E-state index in [2.05, 4.69) is 15.6 Å². The fourth-order valence-corrected chi connectivity index (χ4v) is 4.97. The monoisotopic (exact) mass is 496 g/mol. The molecule has 2 fully saturated rings. The number of amides is 2. The lowest BCUT2D eigenvalue weighted by molar-refractivity contribution is -0.116. The second-order valence-electron chi connectivity index (χ2n) is 9.76. The molecule has 1 saturated carbocycles. The van der Waals surface area contributed by atoms with Crippen molar-refractivity contribution in [3.05, 3.63) is 58.8 Å². The Bertz CT molecular complexity index is 1160. The molecule has 3 aliphatic rings. The second-order valence-corrected chi connectivity index (χ2v) is 9.76. The van der Waals surface area contributed by atoms with Gasteiger partial charge in [0.1, 0.15) is 11.6 Å². The molecule has 5 rings (SSSR count). The summed E-state index contributed by atoms with van der Waals surface area (Å²) in [6.07, 6.45) is 5.15. The first kappa shape index (κ1) is 24.2. The summed E-state index contributed by atoms with van der Waals surface area (Å²) in [5.41, 5.74) is 3.53. The van der Waals surface area contributed by atoms with Gasteiger partial charge in [-0.1, -0.05) is 0 Å². The van der Waals surface area contributed by atoms with Crippen molar-refractivity contribution in [3.63, 3.8) is 0 Å². The maximum Gasteiger partial charge on any atom is 0.409 e. The van der Waals surface area contributed by atoms with E-state index in [1.807, 2.05) is 13.0 Å². The Labute approximate surface area is 210 Å². The Morgan fingerprint density at radius 2 is 1.92 bits per heavy atom. The third-order valence-corrected chi connectivity index (χ3v) is 7.11. The van der Waals surface area contributed by atoms with Crippen LogP contribution in [0.4, 0.5) is 9.18 Å². The Morgan fingerprint density at radius 3 is 2.64 bits per heavy atom. The van der Waals surface area contributed by atoms with E-state index in [1.54, 1.807) is 24.1 Å². The van der Waals surface area contributed by atoms with Gasteiger partial charge in [0.25, 0.3) is 5.91 Å². The Kier molecular flexibility index (Phi) is 6.89. The van der Waals surface area contributed by atoms with Crippen LogP contribution in [0, 0.1) is 11.7 Å². The molecular weight excluding hydrogens is 463 g/mol. The first-order valence-corrected chi connectivity index (χ1v) is 12.7. The summed E-state index contributed by atoms with van der Waals surface area (Å²) < 4.78 is 25.4. The zero-order valence-electron chi connectivity index (χ0n) is 20.7. The van der Waals surface area contributed by atoms with Crippen molar-refractivity contribution in [3.8, 4) is 5.75 Å². The molecule has 1 aliphatic carbocycles.